The third kappa shape index (κ3) is 3.62. The minimum Gasteiger partial charge on any atom is -0.465 e. The number of carbonyl (C=O) groups excluding carboxylic acids is 2. The molecule has 0 radical (unpaired) electrons. The van der Waals surface area contributed by atoms with Crippen molar-refractivity contribution in [3.05, 3.63) is 28.8 Å². The van der Waals surface area contributed by atoms with E-state index in [1.165, 1.54) is 7.11 Å². The molecule has 0 fully saturated rings. The lowest BCUT2D eigenvalue weighted by molar-refractivity contribution is -0.157. The number of methoxy groups -OCH3 is 1. The van der Waals surface area contributed by atoms with Crippen molar-refractivity contribution in [3.63, 3.8) is 0 Å². The van der Waals surface area contributed by atoms with Gasteiger partial charge in [0.15, 0.2) is 0 Å². The van der Waals surface area contributed by atoms with Crippen LogP contribution < -0.4 is 5.32 Å². The number of fused-ring (bicyclic) bond motifs is 1. The van der Waals surface area contributed by atoms with E-state index in [2.05, 4.69) is 17.9 Å². The Bertz CT molecular complexity index is 607. The second-order valence-electron chi connectivity index (χ2n) is 6.23. The van der Waals surface area contributed by atoms with E-state index in [9.17, 15) is 9.59 Å². The standard InChI is InChI=1S/C16H21NO4S/c1-16(2,3)21-15(19)13-10-8-12(22)11(14(18)20-4)7-9(10)5-6-17-13/h7-8,13,17,22H,5-6H2,1-4H3. The van der Waals surface area contributed by atoms with Crippen LogP contribution in [-0.2, 0) is 20.7 Å². The van der Waals surface area contributed by atoms with Crippen molar-refractivity contribution in [2.75, 3.05) is 13.7 Å². The Labute approximate surface area is 135 Å². The molecule has 0 saturated heterocycles. The summed E-state index contributed by atoms with van der Waals surface area (Å²) in [5.41, 5.74) is 1.60. The molecular weight excluding hydrogens is 302 g/mol. The van der Waals surface area contributed by atoms with Gasteiger partial charge in [0.05, 0.1) is 12.7 Å². The minimum absolute atomic E-state index is 0.327. The van der Waals surface area contributed by atoms with Gasteiger partial charge in [-0.15, -0.1) is 12.6 Å². The fraction of sp³-hybridized carbons (Fsp3) is 0.500. The highest BCUT2D eigenvalue weighted by Gasteiger charge is 2.31. The molecule has 1 aromatic carbocycles. The normalized spacial score (nSPS) is 17.6. The number of ether oxygens (including phenoxy) is 2. The van der Waals surface area contributed by atoms with Gasteiger partial charge in [-0.05, 0) is 50.5 Å². The summed E-state index contributed by atoms with van der Waals surface area (Å²) in [6.45, 7) is 6.14. The Morgan fingerprint density at radius 3 is 2.59 bits per heavy atom. The molecule has 1 heterocycles. The van der Waals surface area contributed by atoms with Crippen molar-refractivity contribution < 1.29 is 19.1 Å². The first-order chi connectivity index (χ1) is 10.2. The number of hydrogen-bond donors (Lipinski definition) is 2. The summed E-state index contributed by atoms with van der Waals surface area (Å²) in [6, 6.07) is 2.95. The Morgan fingerprint density at radius 1 is 1.32 bits per heavy atom. The Kier molecular flexibility index (Phi) is 4.82. The first-order valence-corrected chi connectivity index (χ1v) is 7.58. The van der Waals surface area contributed by atoms with E-state index in [-0.39, 0.29) is 5.97 Å². The van der Waals surface area contributed by atoms with Gasteiger partial charge in [0, 0.05) is 11.4 Å². The molecule has 1 unspecified atom stereocenters. The lowest BCUT2D eigenvalue weighted by Gasteiger charge is -2.29. The third-order valence-corrected chi connectivity index (χ3v) is 3.73. The smallest absolute Gasteiger partial charge is 0.338 e. The predicted molar refractivity (Wildman–Crippen MR) is 85.3 cm³/mol. The van der Waals surface area contributed by atoms with Crippen molar-refractivity contribution in [3.8, 4) is 0 Å². The Hall–Kier alpha value is -1.53. The SMILES string of the molecule is COC(=O)c1cc2c(cc1S)C(C(=O)OC(C)(C)C)NCC2. The van der Waals surface area contributed by atoms with E-state index < -0.39 is 17.6 Å². The second-order valence-corrected chi connectivity index (χ2v) is 6.71. The van der Waals surface area contributed by atoms with Gasteiger partial charge < -0.3 is 14.8 Å². The number of esters is 2. The molecule has 1 aliphatic heterocycles. The molecule has 1 N–H and O–H groups in total. The molecule has 0 amide bonds. The van der Waals surface area contributed by atoms with Crippen molar-refractivity contribution in [1.29, 1.82) is 0 Å². The Morgan fingerprint density at radius 2 is 2.00 bits per heavy atom. The fourth-order valence-electron chi connectivity index (χ4n) is 2.44. The summed E-state index contributed by atoms with van der Waals surface area (Å²) >= 11 is 4.34. The molecule has 0 aliphatic carbocycles. The summed E-state index contributed by atoms with van der Waals surface area (Å²) in [4.78, 5) is 24.6. The molecule has 1 aliphatic rings. The van der Waals surface area contributed by atoms with Gasteiger partial charge in [0.25, 0.3) is 0 Å². The van der Waals surface area contributed by atoms with Crippen LogP contribution in [0.1, 0.15) is 48.3 Å². The summed E-state index contributed by atoms with van der Waals surface area (Å²) in [7, 11) is 1.33. The van der Waals surface area contributed by atoms with Gasteiger partial charge in [-0.25, -0.2) is 9.59 Å². The van der Waals surface area contributed by atoms with E-state index in [4.69, 9.17) is 9.47 Å². The molecule has 120 valence electrons. The van der Waals surface area contributed by atoms with Gasteiger partial charge in [-0.2, -0.15) is 0 Å². The zero-order valence-electron chi connectivity index (χ0n) is 13.2. The van der Waals surface area contributed by atoms with Crippen LogP contribution in [0.5, 0.6) is 0 Å². The highest BCUT2D eigenvalue weighted by molar-refractivity contribution is 7.80. The van der Waals surface area contributed by atoms with E-state index in [0.29, 0.717) is 17.0 Å². The first-order valence-electron chi connectivity index (χ1n) is 7.13. The van der Waals surface area contributed by atoms with Crippen LogP contribution in [-0.4, -0.2) is 31.2 Å². The maximum atomic E-state index is 12.4. The minimum atomic E-state index is -0.549. The second kappa shape index (κ2) is 6.30. The average molecular weight is 323 g/mol. The highest BCUT2D eigenvalue weighted by atomic mass is 32.1. The average Bonchev–Trinajstić information content (AvgIpc) is 2.43. The van der Waals surface area contributed by atoms with Crippen molar-refractivity contribution in [2.24, 2.45) is 0 Å². The topological polar surface area (TPSA) is 64.6 Å². The number of thiol groups is 1. The molecule has 2 rings (SSSR count). The van der Waals surface area contributed by atoms with Crippen LogP contribution in [0.3, 0.4) is 0 Å². The largest absolute Gasteiger partial charge is 0.465 e. The van der Waals surface area contributed by atoms with Crippen molar-refractivity contribution in [1.82, 2.24) is 5.32 Å². The summed E-state index contributed by atoms with van der Waals surface area (Å²) < 4.78 is 10.2. The number of nitrogens with one attached hydrogen (secondary N) is 1. The van der Waals surface area contributed by atoms with Gasteiger partial charge in [-0.1, -0.05) is 0 Å². The van der Waals surface area contributed by atoms with Gasteiger partial charge >= 0.3 is 11.9 Å². The van der Waals surface area contributed by atoms with Gasteiger partial charge in [0.2, 0.25) is 0 Å². The molecule has 0 bridgehead atoms. The summed E-state index contributed by atoms with van der Waals surface area (Å²) in [5, 5.41) is 3.16. The van der Waals surface area contributed by atoms with E-state index in [1.54, 1.807) is 12.1 Å². The lowest BCUT2D eigenvalue weighted by atomic mass is 9.92. The molecule has 5 nitrogen and oxygen atoms in total. The molecule has 1 atom stereocenters. The zero-order chi connectivity index (χ0) is 16.5. The first kappa shape index (κ1) is 16.8. The van der Waals surface area contributed by atoms with Crippen molar-refractivity contribution in [2.45, 2.75) is 43.7 Å². The number of rotatable bonds is 2. The summed E-state index contributed by atoms with van der Waals surface area (Å²) in [5.74, 6) is -0.757. The van der Waals surface area contributed by atoms with Crippen LogP contribution in [0.25, 0.3) is 0 Å². The number of carbonyl (C=O) groups is 2. The van der Waals surface area contributed by atoms with Crippen LogP contribution in [0.15, 0.2) is 17.0 Å². The number of hydrogen-bond acceptors (Lipinski definition) is 6. The molecular formula is C16H21NO4S. The molecule has 0 spiro atoms. The Balaban J connectivity index is 2.37. The number of benzene rings is 1. The zero-order valence-corrected chi connectivity index (χ0v) is 14.1. The molecule has 0 saturated carbocycles. The van der Waals surface area contributed by atoms with E-state index >= 15 is 0 Å². The third-order valence-electron chi connectivity index (χ3n) is 3.36. The van der Waals surface area contributed by atoms with Crippen LogP contribution in [0.4, 0.5) is 0 Å². The van der Waals surface area contributed by atoms with Crippen LogP contribution in [0, 0.1) is 0 Å². The maximum absolute atomic E-state index is 12.4. The van der Waals surface area contributed by atoms with Crippen LogP contribution in [0.2, 0.25) is 0 Å². The maximum Gasteiger partial charge on any atom is 0.338 e. The van der Waals surface area contributed by atoms with Crippen LogP contribution >= 0.6 is 12.6 Å². The van der Waals surface area contributed by atoms with E-state index in [1.807, 2.05) is 20.8 Å². The molecule has 6 heteroatoms. The summed E-state index contributed by atoms with van der Waals surface area (Å²) in [6.07, 6.45) is 0.729. The molecule has 22 heavy (non-hydrogen) atoms. The molecule has 0 aromatic heterocycles. The van der Waals surface area contributed by atoms with Crippen molar-refractivity contribution >= 4 is 24.6 Å². The monoisotopic (exact) mass is 323 g/mol. The highest BCUT2D eigenvalue weighted by Crippen LogP contribution is 2.30. The predicted octanol–water partition coefficient (Wildman–Crippen LogP) is 2.29. The van der Waals surface area contributed by atoms with E-state index in [0.717, 1.165) is 17.5 Å². The fourth-order valence-corrected chi connectivity index (χ4v) is 2.73. The lowest BCUT2D eigenvalue weighted by Crippen LogP contribution is -2.39. The quantitative estimate of drug-likeness (QED) is 0.646. The molecule has 1 aromatic rings. The van der Waals surface area contributed by atoms with Gasteiger partial charge in [-0.3, -0.25) is 0 Å². The van der Waals surface area contributed by atoms with Gasteiger partial charge in [0.1, 0.15) is 11.6 Å².